The lowest BCUT2D eigenvalue weighted by Crippen LogP contribution is -2.33. The number of aromatic hydroxyl groups is 1. The number of fused-ring (bicyclic) bond motifs is 1. The number of nitrogens with zero attached hydrogens (tertiary/aromatic N) is 8. The van der Waals surface area contributed by atoms with E-state index in [1.54, 1.807) is 0 Å². The Balaban J connectivity index is 1.44. The Labute approximate surface area is 396 Å². The minimum absolute atomic E-state index is 0.101. The van der Waals surface area contributed by atoms with Gasteiger partial charge in [0.25, 0.3) is 26.1 Å². The zero-order chi connectivity index (χ0) is 51.9. The summed E-state index contributed by atoms with van der Waals surface area (Å²) in [5.74, 6) is -9.13. The van der Waals surface area contributed by atoms with E-state index in [0.29, 0.717) is 11.1 Å². The molecule has 1 atom stereocenters. The minimum Gasteiger partial charge on any atom is -0.505 e. The van der Waals surface area contributed by atoms with Gasteiger partial charge in [-0.3, -0.25) is 13.9 Å². The molecule has 0 aromatic heterocycles. The Kier molecular flexibility index (Phi) is 15.4. The quantitative estimate of drug-likeness (QED) is 0.0363. The number of aliphatic hydroxyl groups is 2. The second-order valence-corrected chi connectivity index (χ2v) is 16.7. The molecular weight excluding hydrogens is 993 g/mol. The van der Waals surface area contributed by atoms with Gasteiger partial charge in [-0.05, 0) is 60.7 Å². The summed E-state index contributed by atoms with van der Waals surface area (Å²) in [6.45, 7) is -2.90. The number of aliphatic hydroxyl groups excluding tert-OH is 2. The van der Waals surface area contributed by atoms with Crippen molar-refractivity contribution >= 4 is 101 Å². The normalized spacial score (nSPS) is 14.1. The number of phenolic OH excluding ortho intramolecular Hbond substituents is 1. The Morgan fingerprint density at radius 3 is 1.70 bits per heavy atom. The molecule has 0 saturated heterocycles. The molecule has 0 spiro atoms. The van der Waals surface area contributed by atoms with Crippen molar-refractivity contribution in [2.45, 2.75) is 15.8 Å². The van der Waals surface area contributed by atoms with Crippen LogP contribution in [0.15, 0.2) is 118 Å². The first kappa shape index (κ1) is 51.5. The van der Waals surface area contributed by atoms with Crippen LogP contribution in [-0.2, 0) is 34.6 Å². The van der Waals surface area contributed by atoms with E-state index in [1.165, 1.54) is 0 Å². The summed E-state index contributed by atoms with van der Waals surface area (Å²) >= 11 is 0. The molecule has 5 aromatic rings. The zero-order valence-corrected chi connectivity index (χ0v) is 37.0. The Morgan fingerprint density at radius 2 is 1.17 bits per heavy atom. The van der Waals surface area contributed by atoms with Gasteiger partial charge in [-0.15, -0.1) is 20.5 Å². The molecule has 0 fully saturated rings. The number of carbonyl (C=O) groups excluding carboxylic acids is 1. The first-order valence-electron chi connectivity index (χ1n) is 19.4. The number of carboxylic acids is 4. The monoisotopic (exact) mass is 1020 g/mol. The lowest BCUT2D eigenvalue weighted by Gasteiger charge is -2.14. The number of hydrogen-bond acceptors (Lipinski definition) is 22. The van der Waals surface area contributed by atoms with Crippen molar-refractivity contribution in [3.05, 3.63) is 83.9 Å². The smallest absolute Gasteiger partial charge is 0.355 e. The van der Waals surface area contributed by atoms with Crippen LogP contribution in [0.25, 0.3) is 10.8 Å². The van der Waals surface area contributed by atoms with Crippen molar-refractivity contribution in [2.24, 2.45) is 35.8 Å². The van der Waals surface area contributed by atoms with Crippen LogP contribution in [0.1, 0.15) is 20.7 Å². The maximum absolute atomic E-state index is 13.4. The highest BCUT2D eigenvalue weighted by Gasteiger charge is 2.41. The molecule has 71 heavy (non-hydrogen) atoms. The molecule has 1 unspecified atom stereocenters. The van der Waals surface area contributed by atoms with E-state index in [-0.39, 0.29) is 45.4 Å². The number of aromatic carboxylic acids is 2. The summed E-state index contributed by atoms with van der Waals surface area (Å²) in [4.78, 5) is 56.8. The number of hydrazone groups is 1. The van der Waals surface area contributed by atoms with E-state index in [1.807, 2.05) is 0 Å². The number of rotatable bonds is 21. The predicted molar refractivity (Wildman–Crippen MR) is 236 cm³/mol. The Morgan fingerprint density at radius 1 is 0.620 bits per heavy atom. The Bertz CT molecular complexity index is 3360. The maximum Gasteiger partial charge on any atom is 0.355 e. The summed E-state index contributed by atoms with van der Waals surface area (Å²) in [5.41, 5.74) is -4.23. The summed E-state index contributed by atoms with van der Waals surface area (Å²) < 4.78 is 88.6. The topological polar surface area (TPSA) is 453 Å². The second kappa shape index (κ2) is 21.2. The number of carboxylic acid groups (broad SMARTS) is 4. The molecule has 370 valence electrons. The molecule has 29 nitrogen and oxygen atoms in total. The third-order valence-corrected chi connectivity index (χ3v) is 11.1. The molecular formula is C40H32N8O21S2. The van der Waals surface area contributed by atoms with Crippen LogP contribution in [-0.4, -0.2) is 136 Å². The number of carbonyl (C=O) groups is 5. The summed E-state index contributed by atoms with van der Waals surface area (Å²) in [6.07, 6.45) is 0. The van der Waals surface area contributed by atoms with Gasteiger partial charge in [0, 0.05) is 22.9 Å². The van der Waals surface area contributed by atoms with Crippen LogP contribution in [0.2, 0.25) is 0 Å². The molecule has 1 aliphatic heterocycles. The predicted octanol–water partition coefficient (Wildman–Crippen LogP) is 4.41. The van der Waals surface area contributed by atoms with Gasteiger partial charge in [0.1, 0.15) is 68.7 Å². The average molecular weight is 1020 g/mol. The first-order valence-corrected chi connectivity index (χ1v) is 22.3. The van der Waals surface area contributed by atoms with Gasteiger partial charge in [-0.25, -0.2) is 19.2 Å². The molecule has 1 amide bonds. The standard InChI is InChI=1S/C40H32N8O21S2/c49-9-11-67-28-16-26(29(68-12-10-50)15-25(28)43-41-23-7-3-19(39(57)58)13-27(23)69-17-31(51)52)44-45-32-30(70(61,62)63)14-22-21(35(32)53)6-8-24(36(22)71(64,65)66)42-46-33-34(40(59)60)47-48(37(33)54)20-4-1-18(2-5-20)38(55)56/h1-8,13-16,33,49-50,53H,9-12,17H2,(H,51,52)(H,55,56)(H,57,58)(H,59,60)(H,61,62,63)(H,64,65,66)/b43-41+,45-44+,46-42+. The molecule has 0 bridgehead atoms. The van der Waals surface area contributed by atoms with E-state index in [4.69, 9.17) is 19.3 Å². The van der Waals surface area contributed by atoms with Crippen LogP contribution in [0.4, 0.5) is 34.1 Å². The number of amides is 1. The van der Waals surface area contributed by atoms with Crippen molar-refractivity contribution in [3.8, 4) is 23.0 Å². The number of anilines is 1. The number of aliphatic carboxylic acids is 2. The van der Waals surface area contributed by atoms with Crippen LogP contribution in [0.5, 0.6) is 23.0 Å². The highest BCUT2D eigenvalue weighted by atomic mass is 32.2. The molecule has 6 rings (SSSR count). The molecule has 0 aliphatic carbocycles. The second-order valence-electron chi connectivity index (χ2n) is 13.9. The van der Waals surface area contributed by atoms with E-state index in [0.717, 1.165) is 66.7 Å². The minimum atomic E-state index is -5.55. The zero-order valence-electron chi connectivity index (χ0n) is 35.4. The van der Waals surface area contributed by atoms with E-state index < -0.39 is 138 Å². The van der Waals surface area contributed by atoms with Crippen molar-refractivity contribution in [1.29, 1.82) is 0 Å². The van der Waals surface area contributed by atoms with Crippen LogP contribution < -0.4 is 19.2 Å². The SMILES string of the molecule is O=C(O)COc1cc(C(=O)O)ccc1/N=N/c1cc(OCCO)c(/N=N/c2c(S(=O)(=O)O)cc3c(S(=O)(=O)O)c(/N=N/C4C(=O)N(c5ccc(C(=O)O)cc5)N=C4C(=O)O)ccc3c2O)cc1OCCO. The van der Waals surface area contributed by atoms with Gasteiger partial charge in [0.05, 0.1) is 30.0 Å². The lowest BCUT2D eigenvalue weighted by molar-refractivity contribution is -0.139. The van der Waals surface area contributed by atoms with Crippen molar-refractivity contribution in [3.63, 3.8) is 0 Å². The van der Waals surface area contributed by atoms with Crippen LogP contribution >= 0.6 is 0 Å². The van der Waals surface area contributed by atoms with E-state index in [9.17, 15) is 80.6 Å². The maximum atomic E-state index is 13.4. The Hall–Kier alpha value is -8.88. The number of ether oxygens (including phenoxy) is 3. The van der Waals surface area contributed by atoms with Crippen molar-refractivity contribution in [2.75, 3.05) is 38.0 Å². The van der Waals surface area contributed by atoms with Gasteiger partial charge in [-0.2, -0.15) is 37.2 Å². The molecule has 9 N–H and O–H groups in total. The van der Waals surface area contributed by atoms with Crippen molar-refractivity contribution in [1.82, 2.24) is 0 Å². The highest BCUT2D eigenvalue weighted by Crippen LogP contribution is 2.47. The van der Waals surface area contributed by atoms with Gasteiger partial charge < -0.3 is 50.0 Å². The molecule has 0 saturated carbocycles. The summed E-state index contributed by atoms with van der Waals surface area (Å²) in [6, 6.07) is 9.87. The fraction of sp³-hybridized carbons (Fsp3) is 0.150. The van der Waals surface area contributed by atoms with E-state index in [2.05, 4.69) is 35.8 Å². The highest BCUT2D eigenvalue weighted by molar-refractivity contribution is 7.86. The van der Waals surface area contributed by atoms with Gasteiger partial charge >= 0.3 is 23.9 Å². The fourth-order valence-electron chi connectivity index (χ4n) is 6.22. The lowest BCUT2D eigenvalue weighted by atomic mass is 10.1. The van der Waals surface area contributed by atoms with Gasteiger partial charge in [0.2, 0.25) is 6.04 Å². The van der Waals surface area contributed by atoms with Crippen LogP contribution in [0, 0.1) is 0 Å². The molecule has 5 aromatic carbocycles. The van der Waals surface area contributed by atoms with E-state index >= 15 is 0 Å². The number of hydrogen-bond donors (Lipinski definition) is 9. The first-order chi connectivity index (χ1) is 33.5. The van der Waals surface area contributed by atoms with Gasteiger partial charge in [-0.1, -0.05) is 0 Å². The largest absolute Gasteiger partial charge is 0.505 e. The molecule has 0 radical (unpaired) electrons. The average Bonchev–Trinajstić information content (AvgIpc) is 3.65. The third kappa shape index (κ3) is 11.7. The number of phenols is 1. The number of azo groups is 3. The van der Waals surface area contributed by atoms with Gasteiger partial charge in [0.15, 0.2) is 18.1 Å². The fourth-order valence-corrected chi connectivity index (χ4v) is 7.69. The molecule has 1 aliphatic rings. The van der Waals surface area contributed by atoms with Crippen LogP contribution in [0.3, 0.4) is 0 Å². The molecule has 1 heterocycles. The molecule has 31 heteroatoms. The van der Waals surface area contributed by atoms with Crippen molar-refractivity contribution < 1.29 is 99.9 Å². The third-order valence-electron chi connectivity index (χ3n) is 9.29. The summed E-state index contributed by atoms with van der Waals surface area (Å²) in [5, 5.41) is 93.9. The summed E-state index contributed by atoms with van der Waals surface area (Å²) in [7, 11) is -11.1. The number of benzene rings is 5.